The molecule has 0 fully saturated rings. The normalized spacial score (nSPS) is 10.1. The van der Waals surface area contributed by atoms with Crippen LogP contribution in [0.25, 0.3) is 0 Å². The molecule has 1 amide bonds. The van der Waals surface area contributed by atoms with Gasteiger partial charge >= 0.3 is 11.9 Å². The summed E-state index contributed by atoms with van der Waals surface area (Å²) in [6.07, 6.45) is 0. The standard InChI is InChI=1S/C18H17NO7/c1-9-12(17(21)22)6-10(7-13(9)18(23)24)16(20)19-14-8-11(25-2)4-5-15(14)26-3/h4-8H,1-3H3,(H,19,20)(H,21,22)(H,23,24). The molecular weight excluding hydrogens is 342 g/mol. The van der Waals surface area contributed by atoms with Crippen LogP contribution in [0.15, 0.2) is 30.3 Å². The third-order valence-corrected chi connectivity index (χ3v) is 3.79. The highest BCUT2D eigenvalue weighted by molar-refractivity contribution is 6.08. The number of amides is 1. The fraction of sp³-hybridized carbons (Fsp3) is 0.167. The van der Waals surface area contributed by atoms with Crippen LogP contribution in [0.3, 0.4) is 0 Å². The highest BCUT2D eigenvalue weighted by atomic mass is 16.5. The predicted molar refractivity (Wildman–Crippen MR) is 92.6 cm³/mol. The number of rotatable bonds is 6. The van der Waals surface area contributed by atoms with Gasteiger partial charge in [0, 0.05) is 11.6 Å². The molecule has 8 nitrogen and oxygen atoms in total. The van der Waals surface area contributed by atoms with Crippen molar-refractivity contribution < 1.29 is 34.1 Å². The second kappa shape index (κ2) is 7.56. The average molecular weight is 359 g/mol. The van der Waals surface area contributed by atoms with Gasteiger partial charge in [0.1, 0.15) is 11.5 Å². The molecule has 3 N–H and O–H groups in total. The van der Waals surface area contributed by atoms with Crippen LogP contribution >= 0.6 is 0 Å². The summed E-state index contributed by atoms with van der Waals surface area (Å²) >= 11 is 0. The third kappa shape index (κ3) is 3.75. The van der Waals surface area contributed by atoms with Crippen molar-refractivity contribution in [2.75, 3.05) is 19.5 Å². The number of carboxylic acid groups (broad SMARTS) is 2. The molecule has 0 heterocycles. The molecule has 0 bridgehead atoms. The molecule has 0 aliphatic carbocycles. The van der Waals surface area contributed by atoms with Gasteiger partial charge in [0.2, 0.25) is 0 Å². The molecule has 0 aromatic heterocycles. The maximum Gasteiger partial charge on any atom is 0.336 e. The van der Waals surface area contributed by atoms with E-state index in [-0.39, 0.29) is 22.3 Å². The Morgan fingerprint density at radius 1 is 0.923 bits per heavy atom. The molecule has 0 unspecified atom stereocenters. The molecule has 0 radical (unpaired) electrons. The Kier molecular flexibility index (Phi) is 5.46. The molecule has 26 heavy (non-hydrogen) atoms. The fourth-order valence-corrected chi connectivity index (χ4v) is 2.40. The van der Waals surface area contributed by atoms with Gasteiger partial charge in [0.15, 0.2) is 0 Å². The molecule has 2 rings (SSSR count). The zero-order chi connectivity index (χ0) is 19.4. The van der Waals surface area contributed by atoms with E-state index in [0.29, 0.717) is 17.2 Å². The summed E-state index contributed by atoms with van der Waals surface area (Å²) in [7, 11) is 2.89. The number of nitrogens with one attached hydrogen (secondary N) is 1. The number of benzene rings is 2. The minimum atomic E-state index is -1.32. The monoisotopic (exact) mass is 359 g/mol. The summed E-state index contributed by atoms with van der Waals surface area (Å²) < 4.78 is 10.3. The van der Waals surface area contributed by atoms with Gasteiger partial charge in [0.05, 0.1) is 31.0 Å². The number of carbonyl (C=O) groups excluding carboxylic acids is 1. The van der Waals surface area contributed by atoms with Crippen molar-refractivity contribution in [3.8, 4) is 11.5 Å². The van der Waals surface area contributed by atoms with Gasteiger partial charge in [-0.15, -0.1) is 0 Å². The van der Waals surface area contributed by atoms with E-state index in [9.17, 15) is 24.6 Å². The van der Waals surface area contributed by atoms with E-state index in [1.807, 2.05) is 0 Å². The van der Waals surface area contributed by atoms with Gasteiger partial charge in [-0.25, -0.2) is 9.59 Å². The maximum absolute atomic E-state index is 12.5. The summed E-state index contributed by atoms with van der Waals surface area (Å²) in [5, 5.41) is 21.1. The van der Waals surface area contributed by atoms with Crippen molar-refractivity contribution in [2.24, 2.45) is 0 Å². The van der Waals surface area contributed by atoms with Crippen LogP contribution in [0.5, 0.6) is 11.5 Å². The van der Waals surface area contributed by atoms with Gasteiger partial charge in [-0.05, 0) is 36.8 Å². The SMILES string of the molecule is COc1ccc(OC)c(NC(=O)c2cc(C(=O)O)c(C)c(C(=O)O)c2)c1. The lowest BCUT2D eigenvalue weighted by atomic mass is 9.98. The van der Waals surface area contributed by atoms with Crippen LogP contribution in [0, 0.1) is 6.92 Å². The van der Waals surface area contributed by atoms with Crippen molar-refractivity contribution in [2.45, 2.75) is 6.92 Å². The third-order valence-electron chi connectivity index (χ3n) is 3.79. The minimum Gasteiger partial charge on any atom is -0.497 e. The molecule has 0 saturated heterocycles. The molecule has 0 atom stereocenters. The van der Waals surface area contributed by atoms with Crippen molar-refractivity contribution in [3.05, 3.63) is 52.6 Å². The average Bonchev–Trinajstić information content (AvgIpc) is 2.61. The summed E-state index contributed by atoms with van der Waals surface area (Å²) in [6, 6.07) is 7.03. The molecular formula is C18H17NO7. The first kappa shape index (κ1) is 18.8. The van der Waals surface area contributed by atoms with Crippen LogP contribution in [-0.4, -0.2) is 42.3 Å². The zero-order valence-corrected chi connectivity index (χ0v) is 14.3. The second-order valence-corrected chi connectivity index (χ2v) is 5.33. The van der Waals surface area contributed by atoms with Crippen molar-refractivity contribution in [1.29, 1.82) is 0 Å². The van der Waals surface area contributed by atoms with E-state index in [0.717, 1.165) is 12.1 Å². The van der Waals surface area contributed by atoms with Gasteiger partial charge in [-0.1, -0.05) is 0 Å². The first-order valence-electron chi connectivity index (χ1n) is 7.43. The van der Waals surface area contributed by atoms with Crippen LogP contribution in [0.1, 0.15) is 36.6 Å². The van der Waals surface area contributed by atoms with Crippen LogP contribution < -0.4 is 14.8 Å². The molecule has 136 valence electrons. The summed E-state index contributed by atoms with van der Waals surface area (Å²) in [4.78, 5) is 35.3. The Hall–Kier alpha value is -3.55. The Morgan fingerprint density at radius 2 is 1.50 bits per heavy atom. The smallest absolute Gasteiger partial charge is 0.336 e. The van der Waals surface area contributed by atoms with Crippen LogP contribution in [0.4, 0.5) is 5.69 Å². The number of ether oxygens (including phenoxy) is 2. The topological polar surface area (TPSA) is 122 Å². The lowest BCUT2D eigenvalue weighted by molar-refractivity contribution is 0.0696. The number of hydrogen-bond acceptors (Lipinski definition) is 5. The second-order valence-electron chi connectivity index (χ2n) is 5.33. The highest BCUT2D eigenvalue weighted by Crippen LogP contribution is 2.29. The maximum atomic E-state index is 12.5. The van der Waals surface area contributed by atoms with Crippen LogP contribution in [0.2, 0.25) is 0 Å². The number of anilines is 1. The Morgan fingerprint density at radius 3 is 1.96 bits per heavy atom. The predicted octanol–water partition coefficient (Wildman–Crippen LogP) is 2.66. The molecule has 0 saturated carbocycles. The van der Waals surface area contributed by atoms with E-state index >= 15 is 0 Å². The van der Waals surface area contributed by atoms with E-state index in [1.165, 1.54) is 27.2 Å². The molecule has 2 aromatic rings. The molecule has 0 aliphatic heterocycles. The van der Waals surface area contributed by atoms with E-state index in [2.05, 4.69) is 5.32 Å². The molecule has 0 aliphatic rings. The number of carboxylic acids is 2. The lowest BCUT2D eigenvalue weighted by Gasteiger charge is -2.13. The summed E-state index contributed by atoms with van der Waals surface area (Å²) in [5.41, 5.74) is -0.248. The Bertz CT molecular complexity index is 854. The van der Waals surface area contributed by atoms with Crippen molar-refractivity contribution >= 4 is 23.5 Å². The van der Waals surface area contributed by atoms with E-state index in [4.69, 9.17) is 9.47 Å². The fourth-order valence-electron chi connectivity index (χ4n) is 2.40. The molecule has 2 aromatic carbocycles. The summed E-state index contributed by atoms with van der Waals surface area (Å²) in [6.45, 7) is 1.37. The lowest BCUT2D eigenvalue weighted by Crippen LogP contribution is -2.16. The first-order valence-corrected chi connectivity index (χ1v) is 7.43. The Labute approximate surface area is 149 Å². The van der Waals surface area contributed by atoms with Gasteiger partial charge in [-0.2, -0.15) is 0 Å². The van der Waals surface area contributed by atoms with Crippen molar-refractivity contribution in [3.63, 3.8) is 0 Å². The quantitative estimate of drug-likeness (QED) is 0.724. The van der Waals surface area contributed by atoms with Crippen LogP contribution in [-0.2, 0) is 0 Å². The number of methoxy groups -OCH3 is 2. The Balaban J connectivity index is 2.47. The number of carbonyl (C=O) groups is 3. The zero-order valence-electron chi connectivity index (χ0n) is 14.3. The van der Waals surface area contributed by atoms with Crippen molar-refractivity contribution in [1.82, 2.24) is 0 Å². The largest absolute Gasteiger partial charge is 0.497 e. The minimum absolute atomic E-state index is 0.0699. The number of aromatic carboxylic acids is 2. The van der Waals surface area contributed by atoms with Gasteiger partial charge in [0.25, 0.3) is 5.91 Å². The first-order chi connectivity index (χ1) is 12.3. The number of hydrogen-bond donors (Lipinski definition) is 3. The summed E-state index contributed by atoms with van der Waals surface area (Å²) in [5.74, 6) is -2.48. The highest BCUT2D eigenvalue weighted by Gasteiger charge is 2.20. The molecule has 8 heteroatoms. The van der Waals surface area contributed by atoms with Gasteiger partial charge < -0.3 is 25.0 Å². The van der Waals surface area contributed by atoms with Gasteiger partial charge in [-0.3, -0.25) is 4.79 Å². The van der Waals surface area contributed by atoms with E-state index < -0.39 is 17.8 Å². The molecule has 0 spiro atoms. The van der Waals surface area contributed by atoms with E-state index in [1.54, 1.807) is 12.1 Å².